The lowest BCUT2D eigenvalue weighted by molar-refractivity contribution is 0.117. The van der Waals surface area contributed by atoms with E-state index in [-0.39, 0.29) is 0 Å². The Morgan fingerprint density at radius 3 is 1.43 bits per heavy atom. The zero-order valence-electron chi connectivity index (χ0n) is 8.78. The minimum atomic E-state index is 0.375. The Kier molecular flexibility index (Phi) is 6.10. The molecule has 2 atom stereocenters. The second-order valence-electron chi connectivity index (χ2n) is 3.74. The summed E-state index contributed by atoms with van der Waals surface area (Å²) in [6.07, 6.45) is 5.47. The van der Waals surface area contributed by atoms with E-state index in [2.05, 4.69) is 0 Å². The first kappa shape index (κ1) is 11.9. The first-order valence-corrected chi connectivity index (χ1v) is 5.50. The van der Waals surface area contributed by atoms with Crippen LogP contribution in [0, 0.1) is 0 Å². The van der Waals surface area contributed by atoms with Crippen molar-refractivity contribution in [1.29, 1.82) is 0 Å². The highest BCUT2D eigenvalue weighted by molar-refractivity contribution is 4.64. The van der Waals surface area contributed by atoms with Gasteiger partial charge < -0.3 is 20.9 Å². The molecule has 0 spiro atoms. The van der Waals surface area contributed by atoms with Gasteiger partial charge in [-0.3, -0.25) is 0 Å². The van der Waals surface area contributed by atoms with Crippen LogP contribution in [-0.4, -0.2) is 38.5 Å². The number of rotatable bonds is 2. The maximum atomic E-state index is 5.31. The van der Waals surface area contributed by atoms with Crippen molar-refractivity contribution in [2.24, 2.45) is 11.5 Å². The fourth-order valence-electron chi connectivity index (χ4n) is 1.66. The molecule has 14 heavy (non-hydrogen) atoms. The lowest BCUT2D eigenvalue weighted by Gasteiger charge is -2.01. The van der Waals surface area contributed by atoms with Crippen molar-refractivity contribution >= 4 is 0 Å². The van der Waals surface area contributed by atoms with Gasteiger partial charge in [-0.2, -0.15) is 0 Å². The molecular weight excluding hydrogens is 180 g/mol. The summed E-state index contributed by atoms with van der Waals surface area (Å²) >= 11 is 0. The summed E-state index contributed by atoms with van der Waals surface area (Å²) in [6, 6.07) is 0. The molecule has 4 heteroatoms. The van der Waals surface area contributed by atoms with E-state index >= 15 is 0 Å². The summed E-state index contributed by atoms with van der Waals surface area (Å²) in [7, 11) is 0. The molecule has 2 saturated heterocycles. The number of nitrogens with two attached hydrogens (primary N) is 2. The van der Waals surface area contributed by atoms with E-state index < -0.39 is 0 Å². The van der Waals surface area contributed by atoms with Crippen molar-refractivity contribution in [2.45, 2.75) is 37.9 Å². The van der Waals surface area contributed by atoms with Gasteiger partial charge in [-0.1, -0.05) is 0 Å². The Bertz CT molecular complexity index is 116. The third-order valence-electron chi connectivity index (χ3n) is 2.57. The minimum Gasteiger partial charge on any atom is -0.377 e. The summed E-state index contributed by atoms with van der Waals surface area (Å²) in [5, 5.41) is 0. The predicted octanol–water partition coefficient (Wildman–Crippen LogP) is 0.248. The van der Waals surface area contributed by atoms with Gasteiger partial charge in [0.15, 0.2) is 0 Å². The standard InChI is InChI=1S/2C5H11NO/c2*6-4-5-2-1-3-7-5/h2*5H,1-4,6H2. The van der Waals surface area contributed by atoms with Gasteiger partial charge in [0.25, 0.3) is 0 Å². The highest BCUT2D eigenvalue weighted by Gasteiger charge is 2.12. The van der Waals surface area contributed by atoms with Crippen LogP contribution in [0.1, 0.15) is 25.7 Å². The van der Waals surface area contributed by atoms with Gasteiger partial charge in [0.1, 0.15) is 0 Å². The third kappa shape index (κ3) is 4.37. The van der Waals surface area contributed by atoms with Gasteiger partial charge in [-0.05, 0) is 25.7 Å². The topological polar surface area (TPSA) is 70.5 Å². The summed E-state index contributed by atoms with van der Waals surface area (Å²) in [4.78, 5) is 0. The molecule has 4 nitrogen and oxygen atoms in total. The van der Waals surface area contributed by atoms with Gasteiger partial charge in [0.2, 0.25) is 0 Å². The van der Waals surface area contributed by atoms with Gasteiger partial charge in [0, 0.05) is 26.3 Å². The highest BCUT2D eigenvalue weighted by Crippen LogP contribution is 2.09. The van der Waals surface area contributed by atoms with Crippen molar-refractivity contribution in [3.05, 3.63) is 0 Å². The minimum absolute atomic E-state index is 0.375. The van der Waals surface area contributed by atoms with Crippen LogP contribution in [-0.2, 0) is 9.47 Å². The fourth-order valence-corrected chi connectivity index (χ4v) is 1.66. The molecule has 2 rings (SSSR count). The van der Waals surface area contributed by atoms with Gasteiger partial charge in [0.05, 0.1) is 12.2 Å². The Labute approximate surface area is 85.9 Å². The molecule has 0 saturated carbocycles. The molecule has 2 fully saturated rings. The first-order chi connectivity index (χ1) is 6.86. The lowest BCUT2D eigenvalue weighted by Crippen LogP contribution is -2.17. The van der Waals surface area contributed by atoms with Crippen LogP contribution in [0.5, 0.6) is 0 Å². The molecular formula is C10H22N2O2. The maximum absolute atomic E-state index is 5.31. The fraction of sp³-hybridized carbons (Fsp3) is 1.00. The molecule has 84 valence electrons. The third-order valence-corrected chi connectivity index (χ3v) is 2.57. The summed E-state index contributed by atoms with van der Waals surface area (Å²) < 4.78 is 10.4. The zero-order chi connectivity index (χ0) is 10.2. The van der Waals surface area contributed by atoms with Crippen molar-refractivity contribution in [1.82, 2.24) is 0 Å². The van der Waals surface area contributed by atoms with E-state index in [0.29, 0.717) is 25.3 Å². The van der Waals surface area contributed by atoms with Gasteiger partial charge in [-0.15, -0.1) is 0 Å². The van der Waals surface area contributed by atoms with Gasteiger partial charge >= 0.3 is 0 Å². The summed E-state index contributed by atoms with van der Waals surface area (Å²) in [6.45, 7) is 3.23. The second-order valence-corrected chi connectivity index (χ2v) is 3.74. The van der Waals surface area contributed by atoms with E-state index in [0.717, 1.165) is 26.1 Å². The van der Waals surface area contributed by atoms with Crippen LogP contribution in [0.3, 0.4) is 0 Å². The Morgan fingerprint density at radius 1 is 0.857 bits per heavy atom. The lowest BCUT2D eigenvalue weighted by atomic mass is 10.2. The molecule has 2 unspecified atom stereocenters. The molecule has 0 amide bonds. The van der Waals surface area contributed by atoms with Crippen LogP contribution >= 0.6 is 0 Å². The molecule has 2 heterocycles. The maximum Gasteiger partial charge on any atom is 0.0698 e. The zero-order valence-corrected chi connectivity index (χ0v) is 8.78. The normalized spacial score (nSPS) is 31.3. The molecule has 2 aliphatic rings. The van der Waals surface area contributed by atoms with E-state index in [1.165, 1.54) is 12.8 Å². The van der Waals surface area contributed by atoms with Crippen molar-refractivity contribution < 1.29 is 9.47 Å². The molecule has 0 bridgehead atoms. The Balaban J connectivity index is 0.000000140. The number of hydrogen-bond donors (Lipinski definition) is 2. The predicted molar refractivity (Wildman–Crippen MR) is 56.1 cm³/mol. The highest BCUT2D eigenvalue weighted by atomic mass is 16.5. The smallest absolute Gasteiger partial charge is 0.0698 e. The largest absolute Gasteiger partial charge is 0.377 e. The summed E-state index contributed by atoms with van der Waals surface area (Å²) in [5.74, 6) is 0. The quantitative estimate of drug-likeness (QED) is 0.673. The van der Waals surface area contributed by atoms with Crippen LogP contribution in [0.2, 0.25) is 0 Å². The molecule has 0 aromatic heterocycles. The molecule has 0 aromatic rings. The monoisotopic (exact) mass is 202 g/mol. The van der Waals surface area contributed by atoms with Gasteiger partial charge in [-0.25, -0.2) is 0 Å². The van der Waals surface area contributed by atoms with Crippen molar-refractivity contribution in [3.8, 4) is 0 Å². The van der Waals surface area contributed by atoms with Crippen LogP contribution in [0.15, 0.2) is 0 Å². The van der Waals surface area contributed by atoms with Crippen LogP contribution in [0.4, 0.5) is 0 Å². The van der Waals surface area contributed by atoms with Crippen molar-refractivity contribution in [2.75, 3.05) is 26.3 Å². The Hall–Kier alpha value is -0.160. The molecule has 0 aliphatic carbocycles. The average molecular weight is 202 g/mol. The average Bonchev–Trinajstić information content (AvgIpc) is 2.92. The van der Waals surface area contributed by atoms with E-state index in [1.54, 1.807) is 0 Å². The molecule has 0 radical (unpaired) electrons. The summed E-state index contributed by atoms with van der Waals surface area (Å²) in [5.41, 5.74) is 10.6. The first-order valence-electron chi connectivity index (χ1n) is 5.50. The molecule has 2 aliphatic heterocycles. The van der Waals surface area contributed by atoms with Crippen LogP contribution < -0.4 is 11.5 Å². The van der Waals surface area contributed by atoms with E-state index in [1.807, 2.05) is 0 Å². The van der Waals surface area contributed by atoms with E-state index in [9.17, 15) is 0 Å². The van der Waals surface area contributed by atoms with Crippen molar-refractivity contribution in [3.63, 3.8) is 0 Å². The second kappa shape index (κ2) is 7.17. The SMILES string of the molecule is NCC1CCCO1.NCC1CCCO1. The van der Waals surface area contributed by atoms with E-state index in [4.69, 9.17) is 20.9 Å². The Morgan fingerprint density at radius 2 is 1.29 bits per heavy atom. The molecule has 0 aromatic carbocycles. The molecule has 4 N–H and O–H groups in total. The number of ether oxygens (including phenoxy) is 2. The number of hydrogen-bond acceptors (Lipinski definition) is 4. The van der Waals surface area contributed by atoms with Crippen LogP contribution in [0.25, 0.3) is 0 Å².